The van der Waals surface area contributed by atoms with Gasteiger partial charge in [-0.3, -0.25) is 9.59 Å². The lowest BCUT2D eigenvalue weighted by atomic mass is 10.0. The Labute approximate surface area is 201 Å². The smallest absolute Gasteiger partial charge is 0.293 e. The van der Waals surface area contributed by atoms with Crippen LogP contribution in [0.1, 0.15) is 12.5 Å². The van der Waals surface area contributed by atoms with Crippen LogP contribution in [0.15, 0.2) is 47.6 Å². The molecule has 0 spiro atoms. The van der Waals surface area contributed by atoms with E-state index in [9.17, 15) is 14.0 Å². The summed E-state index contributed by atoms with van der Waals surface area (Å²) in [4.78, 5) is 23.7. The number of nitrogens with zero attached hydrogens (tertiary/aromatic N) is 5. The summed E-state index contributed by atoms with van der Waals surface area (Å²) in [7, 11) is 1.77. The predicted octanol–water partition coefficient (Wildman–Crippen LogP) is 2.56. The van der Waals surface area contributed by atoms with Gasteiger partial charge in [-0.05, 0) is 52.4 Å². The molecule has 3 rings (SSSR count). The number of halogens is 1. The minimum Gasteiger partial charge on any atom is -0.461 e. The Balaban J connectivity index is 1.64. The van der Waals surface area contributed by atoms with E-state index < -0.39 is 6.10 Å². The van der Waals surface area contributed by atoms with Crippen LogP contribution in [0.2, 0.25) is 0 Å². The molecule has 0 unspecified atom stereocenters. The Morgan fingerprint density at radius 2 is 2.06 bits per heavy atom. The molecule has 1 atom stereocenters. The first kappa shape index (κ1) is 25.2. The fourth-order valence-electron chi connectivity index (χ4n) is 3.45. The highest BCUT2D eigenvalue weighted by Crippen LogP contribution is 2.27. The van der Waals surface area contributed by atoms with E-state index in [0.29, 0.717) is 30.8 Å². The molecule has 2 aromatic carbocycles. The number of rotatable bonds is 12. The molecule has 34 heavy (non-hydrogen) atoms. The maximum Gasteiger partial charge on any atom is 0.293 e. The van der Waals surface area contributed by atoms with Crippen LogP contribution in [0, 0.1) is 5.82 Å². The topological polar surface area (TPSA) is 102 Å². The number of nitrogens with one attached hydrogen (secondary N) is 1. The van der Waals surface area contributed by atoms with Crippen LogP contribution in [0.25, 0.3) is 11.1 Å². The maximum atomic E-state index is 15.0. The van der Waals surface area contributed by atoms with Gasteiger partial charge in [-0.15, -0.1) is 5.10 Å². The lowest BCUT2D eigenvalue weighted by Gasteiger charge is -2.25. The molecule has 9 nitrogen and oxygen atoms in total. The van der Waals surface area contributed by atoms with Gasteiger partial charge < -0.3 is 15.0 Å². The van der Waals surface area contributed by atoms with E-state index in [2.05, 4.69) is 20.8 Å². The first-order valence-corrected chi connectivity index (χ1v) is 11.9. The van der Waals surface area contributed by atoms with Gasteiger partial charge in [0, 0.05) is 31.8 Å². The number of likely N-dealkylation sites (N-methyl/N-ethyl adjacent to an activating group) is 1. The van der Waals surface area contributed by atoms with Crippen LogP contribution in [0.5, 0.6) is 0 Å². The average Bonchev–Trinajstić information content (AvgIpc) is 3.29. The number of hydrogen-bond acceptors (Lipinski definition) is 8. The number of hydrogen-bond donors (Lipinski definition) is 1. The molecule has 0 bridgehead atoms. The van der Waals surface area contributed by atoms with E-state index in [1.807, 2.05) is 36.6 Å². The number of ether oxygens (including phenoxy) is 1. The first-order valence-electron chi connectivity index (χ1n) is 10.6. The standard InChI is InChI=1S/C23H27FN6O3S/c1-16(32)25-13-20(33-15-31)14-29(2)19-8-9-21(22(24)12-19)18-6-4-17(5-7-18)10-11-30-23(34-3)26-27-28-30/h4-9,12,15,20H,10-11,13-14H2,1-3H3,(H,25,32)/t20-/m0/s1. The fraction of sp³-hybridized carbons (Fsp3) is 0.348. The van der Waals surface area contributed by atoms with Crippen LogP contribution < -0.4 is 10.2 Å². The highest BCUT2D eigenvalue weighted by atomic mass is 32.2. The second-order valence-corrected chi connectivity index (χ2v) is 8.45. The molecular weight excluding hydrogens is 459 g/mol. The number of benzene rings is 2. The van der Waals surface area contributed by atoms with Gasteiger partial charge >= 0.3 is 0 Å². The molecule has 0 aliphatic rings. The lowest BCUT2D eigenvalue weighted by Crippen LogP contribution is -2.39. The van der Waals surface area contributed by atoms with E-state index in [-0.39, 0.29) is 18.3 Å². The van der Waals surface area contributed by atoms with E-state index in [1.54, 1.807) is 22.7 Å². The summed E-state index contributed by atoms with van der Waals surface area (Å²) < 4.78 is 21.7. The molecule has 180 valence electrons. The molecule has 0 aliphatic carbocycles. The Kier molecular flexibility index (Phi) is 8.97. The number of amides is 1. The minimum atomic E-state index is -0.554. The number of aryl methyl sites for hydroxylation is 2. The molecule has 1 N–H and O–H groups in total. The Hall–Kier alpha value is -3.47. The molecule has 1 aromatic heterocycles. The fourth-order valence-corrected chi connectivity index (χ4v) is 3.90. The molecule has 0 saturated carbocycles. The van der Waals surface area contributed by atoms with Crippen LogP contribution >= 0.6 is 11.8 Å². The van der Waals surface area contributed by atoms with Crippen molar-refractivity contribution >= 4 is 29.8 Å². The molecule has 0 radical (unpaired) electrons. The van der Waals surface area contributed by atoms with Crippen molar-refractivity contribution in [3.05, 3.63) is 53.8 Å². The zero-order valence-electron chi connectivity index (χ0n) is 19.3. The third-order valence-corrected chi connectivity index (χ3v) is 5.91. The summed E-state index contributed by atoms with van der Waals surface area (Å²) in [6, 6.07) is 12.7. The summed E-state index contributed by atoms with van der Waals surface area (Å²) in [6.45, 7) is 2.87. The van der Waals surface area contributed by atoms with Crippen molar-refractivity contribution in [3.63, 3.8) is 0 Å². The highest BCUT2D eigenvalue weighted by Gasteiger charge is 2.15. The van der Waals surface area contributed by atoms with Gasteiger partial charge in [-0.1, -0.05) is 36.0 Å². The Morgan fingerprint density at radius 1 is 1.29 bits per heavy atom. The zero-order valence-corrected chi connectivity index (χ0v) is 20.1. The van der Waals surface area contributed by atoms with Crippen molar-refractivity contribution in [2.24, 2.45) is 0 Å². The average molecular weight is 487 g/mol. The van der Waals surface area contributed by atoms with Crippen LogP contribution in [0.4, 0.5) is 10.1 Å². The quantitative estimate of drug-likeness (QED) is 0.308. The van der Waals surface area contributed by atoms with Gasteiger partial charge in [-0.2, -0.15) is 0 Å². The van der Waals surface area contributed by atoms with Crippen molar-refractivity contribution in [2.75, 3.05) is 31.3 Å². The summed E-state index contributed by atoms with van der Waals surface area (Å²) in [5.41, 5.74) is 3.00. The Morgan fingerprint density at radius 3 is 2.71 bits per heavy atom. The van der Waals surface area contributed by atoms with Crippen LogP contribution in [0.3, 0.4) is 0 Å². The summed E-state index contributed by atoms with van der Waals surface area (Å²) >= 11 is 1.49. The van der Waals surface area contributed by atoms with Gasteiger partial charge in [0.25, 0.3) is 6.47 Å². The Bertz CT molecular complexity index is 1110. The van der Waals surface area contributed by atoms with Crippen LogP contribution in [-0.2, 0) is 27.3 Å². The van der Waals surface area contributed by atoms with Crippen molar-refractivity contribution < 1.29 is 18.7 Å². The number of anilines is 1. The van der Waals surface area contributed by atoms with E-state index in [4.69, 9.17) is 4.74 Å². The molecule has 11 heteroatoms. The normalized spacial score (nSPS) is 11.6. The predicted molar refractivity (Wildman–Crippen MR) is 128 cm³/mol. The van der Waals surface area contributed by atoms with Crippen molar-refractivity contribution in [2.45, 2.75) is 31.1 Å². The van der Waals surface area contributed by atoms with E-state index in [1.165, 1.54) is 24.8 Å². The summed E-state index contributed by atoms with van der Waals surface area (Å²) in [5.74, 6) is -0.575. The van der Waals surface area contributed by atoms with Crippen molar-refractivity contribution in [1.82, 2.24) is 25.5 Å². The molecule has 0 aliphatic heterocycles. The molecular formula is C23H27FN6O3S. The van der Waals surface area contributed by atoms with Gasteiger partial charge in [0.15, 0.2) is 0 Å². The van der Waals surface area contributed by atoms with Gasteiger partial charge in [0.1, 0.15) is 11.9 Å². The second-order valence-electron chi connectivity index (χ2n) is 7.67. The molecule has 1 heterocycles. The first-order chi connectivity index (χ1) is 16.4. The number of thioether (sulfide) groups is 1. The third kappa shape index (κ3) is 6.77. The van der Waals surface area contributed by atoms with E-state index >= 15 is 0 Å². The monoisotopic (exact) mass is 486 g/mol. The largest absolute Gasteiger partial charge is 0.461 e. The van der Waals surface area contributed by atoms with Gasteiger partial charge in [0.05, 0.1) is 13.1 Å². The highest BCUT2D eigenvalue weighted by molar-refractivity contribution is 7.98. The van der Waals surface area contributed by atoms with Gasteiger partial charge in [0.2, 0.25) is 11.1 Å². The molecule has 0 saturated heterocycles. The molecule has 0 fully saturated rings. The molecule has 1 amide bonds. The van der Waals surface area contributed by atoms with Crippen LogP contribution in [-0.4, -0.2) is 65.1 Å². The third-order valence-electron chi connectivity index (χ3n) is 5.26. The van der Waals surface area contributed by atoms with Crippen molar-refractivity contribution in [1.29, 1.82) is 0 Å². The number of aromatic nitrogens is 4. The van der Waals surface area contributed by atoms with E-state index in [0.717, 1.165) is 22.7 Å². The summed E-state index contributed by atoms with van der Waals surface area (Å²) in [6.07, 6.45) is 2.13. The second kappa shape index (κ2) is 12.1. The summed E-state index contributed by atoms with van der Waals surface area (Å²) in [5, 5.41) is 15.0. The minimum absolute atomic E-state index is 0.178. The number of carbonyl (C=O) groups is 2. The SMILES string of the molecule is CSc1nnnn1CCc1ccc(-c2ccc(N(C)C[C@H](CNC(C)=O)OC=O)cc2F)cc1. The molecule has 3 aromatic rings. The number of carbonyl (C=O) groups excluding carboxylic acids is 2. The van der Waals surface area contributed by atoms with Gasteiger partial charge in [-0.25, -0.2) is 9.07 Å². The number of tetrazole rings is 1. The van der Waals surface area contributed by atoms with Crippen molar-refractivity contribution in [3.8, 4) is 11.1 Å². The zero-order chi connectivity index (χ0) is 24.5. The lowest BCUT2D eigenvalue weighted by molar-refractivity contribution is -0.134. The maximum absolute atomic E-state index is 15.0.